The lowest BCUT2D eigenvalue weighted by atomic mass is 9.99. The first-order chi connectivity index (χ1) is 10.3. The number of piperazine rings is 1. The van der Waals surface area contributed by atoms with Gasteiger partial charge in [-0.1, -0.05) is 18.6 Å². The van der Waals surface area contributed by atoms with Gasteiger partial charge in [-0.2, -0.15) is 0 Å². The van der Waals surface area contributed by atoms with Gasteiger partial charge in [0.25, 0.3) is 0 Å². The molecule has 4 nitrogen and oxygen atoms in total. The van der Waals surface area contributed by atoms with Crippen LogP contribution in [0.15, 0.2) is 24.3 Å². The first-order valence-corrected chi connectivity index (χ1v) is 8.26. The molecule has 0 amide bonds. The first kappa shape index (κ1) is 14.7. The quantitative estimate of drug-likeness (QED) is 0.666. The van der Waals surface area contributed by atoms with Gasteiger partial charge >= 0.3 is 0 Å². The third kappa shape index (κ3) is 3.89. The van der Waals surface area contributed by atoms with E-state index in [0.29, 0.717) is 0 Å². The summed E-state index contributed by atoms with van der Waals surface area (Å²) < 4.78 is 5.77. The molecule has 1 aromatic carbocycles. The van der Waals surface area contributed by atoms with Gasteiger partial charge in [-0.15, -0.1) is 0 Å². The smallest absolute Gasteiger partial charge is 0.142 e. The Balaban J connectivity index is 1.37. The van der Waals surface area contributed by atoms with Gasteiger partial charge in [0, 0.05) is 32.2 Å². The van der Waals surface area contributed by atoms with Crippen molar-refractivity contribution in [2.45, 2.75) is 31.7 Å². The van der Waals surface area contributed by atoms with Crippen molar-refractivity contribution in [3.63, 3.8) is 0 Å². The molecule has 2 N–H and O–H groups in total. The molecule has 0 spiro atoms. The number of nitrogens with zero attached hydrogens (tertiary/aromatic N) is 2. The fraction of sp³-hybridized carbons (Fsp3) is 0.647. The number of hydrogen-bond acceptors (Lipinski definition) is 4. The van der Waals surface area contributed by atoms with Gasteiger partial charge < -0.3 is 15.4 Å². The van der Waals surface area contributed by atoms with E-state index in [1.54, 1.807) is 0 Å². The Morgan fingerprint density at radius 3 is 2.95 bits per heavy atom. The van der Waals surface area contributed by atoms with Crippen LogP contribution in [0.5, 0.6) is 5.75 Å². The fourth-order valence-electron chi connectivity index (χ4n) is 3.51. The number of ether oxygens (including phenoxy) is 1. The number of nitrogen functional groups attached to an aromatic ring is 1. The summed E-state index contributed by atoms with van der Waals surface area (Å²) in [5.74, 6) is 0.814. The minimum absolute atomic E-state index is 0.730. The molecule has 2 aliphatic rings. The second kappa shape index (κ2) is 7.14. The molecule has 1 atom stereocenters. The Morgan fingerprint density at radius 1 is 1.14 bits per heavy atom. The minimum Gasteiger partial charge on any atom is -0.491 e. The van der Waals surface area contributed by atoms with Crippen LogP contribution in [0.1, 0.15) is 25.7 Å². The number of hydrogen-bond donors (Lipinski definition) is 1. The number of fused-ring (bicyclic) bond motifs is 1. The largest absolute Gasteiger partial charge is 0.491 e. The molecule has 116 valence electrons. The molecule has 2 aliphatic heterocycles. The summed E-state index contributed by atoms with van der Waals surface area (Å²) >= 11 is 0. The van der Waals surface area contributed by atoms with Crippen molar-refractivity contribution < 1.29 is 4.74 Å². The maximum atomic E-state index is 5.88. The van der Waals surface area contributed by atoms with Gasteiger partial charge in [-0.3, -0.25) is 4.90 Å². The van der Waals surface area contributed by atoms with Crippen molar-refractivity contribution in [1.82, 2.24) is 9.80 Å². The highest BCUT2D eigenvalue weighted by atomic mass is 16.5. The highest BCUT2D eigenvalue weighted by molar-refractivity contribution is 5.51. The molecule has 3 rings (SSSR count). The standard InChI is InChI=1S/C17H27N3O/c18-16-7-1-2-8-17(16)21-13-5-9-19-11-12-20-10-4-3-6-15(20)14-19/h1-2,7-8,15H,3-6,9-14,18H2. The molecular formula is C17H27N3O. The predicted molar refractivity (Wildman–Crippen MR) is 86.6 cm³/mol. The van der Waals surface area contributed by atoms with Gasteiger partial charge in [0.2, 0.25) is 0 Å². The van der Waals surface area contributed by atoms with E-state index in [1.807, 2.05) is 24.3 Å². The summed E-state index contributed by atoms with van der Waals surface area (Å²) in [5, 5.41) is 0. The minimum atomic E-state index is 0.730. The molecule has 0 radical (unpaired) electrons. The maximum absolute atomic E-state index is 5.88. The highest BCUT2D eigenvalue weighted by Crippen LogP contribution is 2.22. The summed E-state index contributed by atoms with van der Waals surface area (Å²) in [6.07, 6.45) is 5.25. The predicted octanol–water partition coefficient (Wildman–Crippen LogP) is 2.21. The molecule has 4 heteroatoms. The van der Waals surface area contributed by atoms with E-state index in [1.165, 1.54) is 45.4 Å². The Bertz CT molecular complexity index is 451. The third-order valence-electron chi connectivity index (χ3n) is 4.72. The van der Waals surface area contributed by atoms with E-state index in [0.717, 1.165) is 37.1 Å². The Morgan fingerprint density at radius 2 is 2.05 bits per heavy atom. The lowest BCUT2D eigenvalue weighted by molar-refractivity contribution is 0.0471. The Labute approximate surface area is 127 Å². The van der Waals surface area contributed by atoms with Gasteiger partial charge in [0.15, 0.2) is 0 Å². The first-order valence-electron chi connectivity index (χ1n) is 8.26. The molecule has 0 bridgehead atoms. The number of piperidine rings is 1. The van der Waals surface area contributed by atoms with Crippen molar-refractivity contribution in [2.75, 3.05) is 45.1 Å². The van der Waals surface area contributed by atoms with E-state index in [2.05, 4.69) is 9.80 Å². The summed E-state index contributed by atoms with van der Waals surface area (Å²) in [6.45, 7) is 6.90. The average molecular weight is 289 g/mol. The van der Waals surface area contributed by atoms with Crippen molar-refractivity contribution in [1.29, 1.82) is 0 Å². The molecule has 1 aromatic rings. The number of anilines is 1. The van der Waals surface area contributed by atoms with E-state index in [9.17, 15) is 0 Å². The highest BCUT2D eigenvalue weighted by Gasteiger charge is 2.28. The molecule has 0 aliphatic carbocycles. The second-order valence-corrected chi connectivity index (χ2v) is 6.23. The fourth-order valence-corrected chi connectivity index (χ4v) is 3.51. The second-order valence-electron chi connectivity index (χ2n) is 6.23. The van der Waals surface area contributed by atoms with Crippen LogP contribution in [-0.2, 0) is 0 Å². The van der Waals surface area contributed by atoms with Crippen LogP contribution in [0.3, 0.4) is 0 Å². The van der Waals surface area contributed by atoms with E-state index in [-0.39, 0.29) is 0 Å². The monoisotopic (exact) mass is 289 g/mol. The molecule has 2 heterocycles. The summed E-state index contributed by atoms with van der Waals surface area (Å²) in [6, 6.07) is 8.53. The van der Waals surface area contributed by atoms with Crippen molar-refractivity contribution in [3.05, 3.63) is 24.3 Å². The summed E-state index contributed by atoms with van der Waals surface area (Å²) in [7, 11) is 0. The lowest BCUT2D eigenvalue weighted by Crippen LogP contribution is -2.54. The van der Waals surface area contributed by atoms with Gasteiger partial charge in [0.05, 0.1) is 12.3 Å². The zero-order chi connectivity index (χ0) is 14.5. The normalized spacial score (nSPS) is 23.7. The van der Waals surface area contributed by atoms with Crippen molar-refractivity contribution >= 4 is 5.69 Å². The SMILES string of the molecule is Nc1ccccc1OCCCN1CCN2CCCCC2C1. The summed E-state index contributed by atoms with van der Waals surface area (Å²) in [5.41, 5.74) is 6.61. The molecule has 2 fully saturated rings. The number of benzene rings is 1. The molecule has 1 unspecified atom stereocenters. The topological polar surface area (TPSA) is 41.7 Å². The number of para-hydroxylation sites is 2. The van der Waals surface area contributed by atoms with Crippen LogP contribution in [0, 0.1) is 0 Å². The zero-order valence-corrected chi connectivity index (χ0v) is 12.8. The van der Waals surface area contributed by atoms with Crippen molar-refractivity contribution in [3.8, 4) is 5.75 Å². The molecule has 2 saturated heterocycles. The van der Waals surface area contributed by atoms with E-state index >= 15 is 0 Å². The van der Waals surface area contributed by atoms with Crippen LogP contribution in [0.25, 0.3) is 0 Å². The van der Waals surface area contributed by atoms with Crippen molar-refractivity contribution in [2.24, 2.45) is 0 Å². The van der Waals surface area contributed by atoms with Gasteiger partial charge in [0.1, 0.15) is 5.75 Å². The maximum Gasteiger partial charge on any atom is 0.142 e. The average Bonchev–Trinajstić information content (AvgIpc) is 2.53. The van der Waals surface area contributed by atoms with Crippen LogP contribution < -0.4 is 10.5 Å². The van der Waals surface area contributed by atoms with E-state index < -0.39 is 0 Å². The molecule has 0 aromatic heterocycles. The van der Waals surface area contributed by atoms with Gasteiger partial charge in [-0.05, 0) is 37.9 Å². The lowest BCUT2D eigenvalue weighted by Gasteiger charge is -2.44. The molecule has 0 saturated carbocycles. The van der Waals surface area contributed by atoms with Crippen LogP contribution in [0.4, 0.5) is 5.69 Å². The third-order valence-corrected chi connectivity index (χ3v) is 4.72. The molecule has 21 heavy (non-hydrogen) atoms. The zero-order valence-electron chi connectivity index (χ0n) is 12.8. The van der Waals surface area contributed by atoms with Crippen LogP contribution >= 0.6 is 0 Å². The Kier molecular flexibility index (Phi) is 4.99. The van der Waals surface area contributed by atoms with E-state index in [4.69, 9.17) is 10.5 Å². The van der Waals surface area contributed by atoms with Gasteiger partial charge in [-0.25, -0.2) is 0 Å². The number of nitrogens with two attached hydrogens (primary N) is 1. The van der Waals surface area contributed by atoms with Crippen LogP contribution in [-0.4, -0.2) is 55.2 Å². The molecular weight excluding hydrogens is 262 g/mol. The summed E-state index contributed by atoms with van der Waals surface area (Å²) in [4.78, 5) is 5.28. The van der Waals surface area contributed by atoms with Crippen LogP contribution in [0.2, 0.25) is 0 Å². The Hall–Kier alpha value is -1.26. The number of rotatable bonds is 5.